The molecule has 1 fully saturated rings. The molecule has 1 aliphatic heterocycles. The molecule has 7 nitrogen and oxygen atoms in total. The molecule has 2 aliphatic rings. The minimum atomic E-state index is -0.554. The van der Waals surface area contributed by atoms with Crippen molar-refractivity contribution in [2.75, 3.05) is 10.2 Å². The fourth-order valence-corrected chi connectivity index (χ4v) is 4.88. The Morgan fingerprint density at radius 2 is 2.00 bits per heavy atom. The van der Waals surface area contributed by atoms with Crippen molar-refractivity contribution in [1.29, 1.82) is 0 Å². The predicted octanol–water partition coefficient (Wildman–Crippen LogP) is 3.56. The average molecular weight is 442 g/mol. The van der Waals surface area contributed by atoms with Gasteiger partial charge in [0.1, 0.15) is 0 Å². The van der Waals surface area contributed by atoms with Gasteiger partial charge in [-0.2, -0.15) is 0 Å². The lowest BCUT2D eigenvalue weighted by Gasteiger charge is -2.38. The Hall–Kier alpha value is -2.67. The number of anilines is 2. The van der Waals surface area contributed by atoms with E-state index in [9.17, 15) is 19.5 Å². The van der Waals surface area contributed by atoms with E-state index in [4.69, 9.17) is 5.73 Å². The van der Waals surface area contributed by atoms with Gasteiger partial charge < -0.3 is 21.1 Å². The minimum Gasteiger partial charge on any atom is -0.393 e. The quantitative estimate of drug-likeness (QED) is 0.571. The molecule has 1 saturated carbocycles. The number of amides is 2. The molecule has 0 bridgehead atoms. The summed E-state index contributed by atoms with van der Waals surface area (Å²) in [6.45, 7) is 9.61. The molecule has 1 aromatic carbocycles. The van der Waals surface area contributed by atoms with E-state index < -0.39 is 12.0 Å². The van der Waals surface area contributed by atoms with Gasteiger partial charge in [0, 0.05) is 35.0 Å². The summed E-state index contributed by atoms with van der Waals surface area (Å²) in [7, 11) is 0. The number of carbonyl (C=O) groups excluding carboxylic acids is 3. The lowest BCUT2D eigenvalue weighted by Crippen LogP contribution is -2.43. The molecule has 3 unspecified atom stereocenters. The van der Waals surface area contributed by atoms with E-state index in [1.54, 1.807) is 36.9 Å². The summed E-state index contributed by atoms with van der Waals surface area (Å²) in [5.41, 5.74) is 8.09. The molecule has 0 radical (unpaired) electrons. The standard InChI is InChI=1S/C25H35N3O4/c1-6-16(8-7-14(2)29)27-19-11-17(9-10-18(19)23(26)31)28-20-12-25(4,5)13-21(30)22(20)15(3)24(28)32/h9-11,14,16,20,27,29H,6-8,12-13H2,1-5H3,(H2,26,31). The van der Waals surface area contributed by atoms with Crippen LogP contribution in [0.5, 0.6) is 0 Å². The van der Waals surface area contributed by atoms with Crippen molar-refractivity contribution in [1.82, 2.24) is 0 Å². The molecule has 1 heterocycles. The number of nitrogens with one attached hydrogen (secondary N) is 1. The molecule has 1 aromatic rings. The van der Waals surface area contributed by atoms with Crippen molar-refractivity contribution in [3.8, 4) is 0 Å². The Morgan fingerprint density at radius 3 is 2.59 bits per heavy atom. The minimum absolute atomic E-state index is 0.0378. The summed E-state index contributed by atoms with van der Waals surface area (Å²) in [5.74, 6) is -0.688. The van der Waals surface area contributed by atoms with Gasteiger partial charge in [-0.25, -0.2) is 0 Å². The number of aliphatic hydroxyl groups is 1. The van der Waals surface area contributed by atoms with Gasteiger partial charge in [0.25, 0.3) is 11.8 Å². The highest BCUT2D eigenvalue weighted by molar-refractivity contribution is 6.18. The highest BCUT2D eigenvalue weighted by atomic mass is 16.3. The van der Waals surface area contributed by atoms with Crippen LogP contribution in [0.1, 0.15) is 77.1 Å². The van der Waals surface area contributed by atoms with Gasteiger partial charge in [-0.3, -0.25) is 14.4 Å². The molecule has 7 heteroatoms. The van der Waals surface area contributed by atoms with Crippen molar-refractivity contribution in [2.45, 2.75) is 84.9 Å². The van der Waals surface area contributed by atoms with Crippen LogP contribution in [0.2, 0.25) is 0 Å². The number of primary amides is 1. The van der Waals surface area contributed by atoms with Gasteiger partial charge >= 0.3 is 0 Å². The molecule has 2 amide bonds. The summed E-state index contributed by atoms with van der Waals surface area (Å²) in [6.07, 6.45) is 2.89. The van der Waals surface area contributed by atoms with Gasteiger partial charge in [0.15, 0.2) is 5.78 Å². The molecule has 3 atom stereocenters. The zero-order chi connectivity index (χ0) is 23.8. The SMILES string of the molecule is CCC(CCC(C)O)Nc1cc(N2C(=O)C(C)=C3C(=O)CC(C)(C)CC32)ccc1C(N)=O. The van der Waals surface area contributed by atoms with E-state index in [1.807, 2.05) is 6.92 Å². The number of aliphatic hydroxyl groups excluding tert-OH is 1. The maximum Gasteiger partial charge on any atom is 0.254 e. The number of benzene rings is 1. The summed E-state index contributed by atoms with van der Waals surface area (Å²) in [6, 6.07) is 4.88. The van der Waals surface area contributed by atoms with Crippen LogP contribution in [0.25, 0.3) is 0 Å². The normalized spacial score (nSPS) is 22.1. The molecule has 0 spiro atoms. The van der Waals surface area contributed by atoms with Crippen LogP contribution in [-0.4, -0.2) is 40.9 Å². The largest absolute Gasteiger partial charge is 0.393 e. The molecule has 0 aromatic heterocycles. The van der Waals surface area contributed by atoms with Crippen molar-refractivity contribution in [2.24, 2.45) is 11.1 Å². The highest BCUT2D eigenvalue weighted by Crippen LogP contribution is 2.45. The number of nitrogens with two attached hydrogens (primary N) is 1. The van der Waals surface area contributed by atoms with Crippen LogP contribution < -0.4 is 16.0 Å². The van der Waals surface area contributed by atoms with Crippen molar-refractivity contribution in [3.05, 3.63) is 34.9 Å². The van der Waals surface area contributed by atoms with Crippen LogP contribution >= 0.6 is 0 Å². The van der Waals surface area contributed by atoms with Gasteiger partial charge in [-0.05, 0) is 63.1 Å². The fraction of sp³-hybridized carbons (Fsp3) is 0.560. The van der Waals surface area contributed by atoms with E-state index in [0.29, 0.717) is 47.3 Å². The lowest BCUT2D eigenvalue weighted by atomic mass is 9.72. The lowest BCUT2D eigenvalue weighted by molar-refractivity contribution is -0.119. The van der Waals surface area contributed by atoms with Crippen LogP contribution in [0.4, 0.5) is 11.4 Å². The monoisotopic (exact) mass is 441 g/mol. The topological polar surface area (TPSA) is 113 Å². The van der Waals surface area contributed by atoms with Gasteiger partial charge in [0.05, 0.1) is 17.7 Å². The molecule has 4 N–H and O–H groups in total. The van der Waals surface area contributed by atoms with Gasteiger partial charge in [0.2, 0.25) is 0 Å². The first kappa shape index (κ1) is 24.0. The molecular formula is C25H35N3O4. The Kier molecular flexibility index (Phi) is 6.79. The molecular weight excluding hydrogens is 406 g/mol. The smallest absolute Gasteiger partial charge is 0.254 e. The first-order chi connectivity index (χ1) is 14.9. The van der Waals surface area contributed by atoms with Crippen LogP contribution in [0, 0.1) is 5.41 Å². The van der Waals surface area contributed by atoms with Crippen LogP contribution in [0.15, 0.2) is 29.3 Å². The number of hydrogen-bond acceptors (Lipinski definition) is 5. The number of rotatable bonds is 8. The Morgan fingerprint density at radius 1 is 1.31 bits per heavy atom. The third kappa shape index (κ3) is 4.72. The zero-order valence-electron chi connectivity index (χ0n) is 19.7. The predicted molar refractivity (Wildman–Crippen MR) is 126 cm³/mol. The molecule has 32 heavy (non-hydrogen) atoms. The second-order valence-corrected chi connectivity index (χ2v) is 9.97. The summed E-state index contributed by atoms with van der Waals surface area (Å²) in [4.78, 5) is 39.8. The zero-order valence-corrected chi connectivity index (χ0v) is 19.7. The summed E-state index contributed by atoms with van der Waals surface area (Å²) < 4.78 is 0. The van der Waals surface area contributed by atoms with E-state index in [2.05, 4.69) is 19.2 Å². The fourth-order valence-electron chi connectivity index (χ4n) is 4.88. The van der Waals surface area contributed by atoms with Gasteiger partial charge in [-0.1, -0.05) is 20.8 Å². The number of Topliss-reactive ketones (excluding diaryl/α,β-unsaturated/α-hetero) is 1. The number of ketones is 1. The third-order valence-corrected chi connectivity index (χ3v) is 6.61. The Balaban J connectivity index is 1.98. The number of nitrogens with zero attached hydrogens (tertiary/aromatic N) is 1. The van der Waals surface area contributed by atoms with Crippen LogP contribution in [0.3, 0.4) is 0 Å². The summed E-state index contributed by atoms with van der Waals surface area (Å²) >= 11 is 0. The highest BCUT2D eigenvalue weighted by Gasteiger charge is 2.47. The summed E-state index contributed by atoms with van der Waals surface area (Å²) in [5, 5.41) is 13.0. The number of carbonyl (C=O) groups is 3. The third-order valence-electron chi connectivity index (χ3n) is 6.61. The average Bonchev–Trinajstić information content (AvgIpc) is 2.93. The van der Waals surface area contributed by atoms with E-state index in [-0.39, 0.29) is 29.2 Å². The molecule has 0 saturated heterocycles. The first-order valence-electron chi connectivity index (χ1n) is 11.4. The number of fused-ring (bicyclic) bond motifs is 1. The molecule has 3 rings (SSSR count). The Labute approximate surface area is 190 Å². The maximum absolute atomic E-state index is 13.2. The molecule has 1 aliphatic carbocycles. The van der Waals surface area contributed by atoms with E-state index in [1.165, 1.54) is 0 Å². The first-order valence-corrected chi connectivity index (χ1v) is 11.4. The Bertz CT molecular complexity index is 964. The van der Waals surface area contributed by atoms with Crippen molar-refractivity contribution < 1.29 is 19.5 Å². The number of hydrogen-bond donors (Lipinski definition) is 3. The van der Waals surface area contributed by atoms with Crippen molar-refractivity contribution >= 4 is 29.0 Å². The second-order valence-electron chi connectivity index (χ2n) is 9.97. The van der Waals surface area contributed by atoms with E-state index >= 15 is 0 Å². The van der Waals surface area contributed by atoms with E-state index in [0.717, 1.165) is 12.8 Å². The molecule has 174 valence electrons. The van der Waals surface area contributed by atoms with Crippen LogP contribution in [-0.2, 0) is 9.59 Å². The van der Waals surface area contributed by atoms with Gasteiger partial charge in [-0.15, -0.1) is 0 Å². The maximum atomic E-state index is 13.2. The van der Waals surface area contributed by atoms with Crippen molar-refractivity contribution in [3.63, 3.8) is 0 Å². The second kappa shape index (κ2) is 9.06.